The van der Waals surface area contributed by atoms with Crippen molar-refractivity contribution in [2.75, 3.05) is 0 Å². The Morgan fingerprint density at radius 1 is 1.43 bits per heavy atom. The molecule has 0 amide bonds. The van der Waals surface area contributed by atoms with Crippen molar-refractivity contribution < 1.29 is 28.2 Å². The molecule has 0 bridgehead atoms. The van der Waals surface area contributed by atoms with E-state index < -0.39 is 24.1 Å². The molecule has 2 N–H and O–H groups in total. The zero-order chi connectivity index (χ0) is 15.8. The Morgan fingerprint density at radius 3 is 2.62 bits per heavy atom. The van der Waals surface area contributed by atoms with Crippen molar-refractivity contribution in [3.63, 3.8) is 0 Å². The van der Waals surface area contributed by atoms with Gasteiger partial charge in [0.1, 0.15) is 0 Å². The second kappa shape index (κ2) is 5.36. The minimum Gasteiger partial charge on any atom is -0.478 e. The Bertz CT molecular complexity index is 677. The number of alkyl halides is 3. The highest BCUT2D eigenvalue weighted by Crippen LogP contribution is 2.32. The number of carboxylic acids is 1. The number of imidazole rings is 1. The second-order valence-corrected chi connectivity index (χ2v) is 4.73. The summed E-state index contributed by atoms with van der Waals surface area (Å²) >= 11 is 0. The van der Waals surface area contributed by atoms with Gasteiger partial charge in [-0.1, -0.05) is 0 Å². The number of aryl methyl sites for hydroxylation is 1. The molecule has 0 saturated heterocycles. The molecule has 8 heteroatoms. The van der Waals surface area contributed by atoms with Gasteiger partial charge >= 0.3 is 12.1 Å². The van der Waals surface area contributed by atoms with E-state index in [9.17, 15) is 23.1 Å². The van der Waals surface area contributed by atoms with Gasteiger partial charge in [0.05, 0.1) is 22.7 Å². The van der Waals surface area contributed by atoms with Crippen LogP contribution in [0.4, 0.5) is 13.2 Å². The zero-order valence-electron chi connectivity index (χ0n) is 11.1. The monoisotopic (exact) mass is 302 g/mol. The molecule has 114 valence electrons. The number of halogens is 3. The van der Waals surface area contributed by atoms with Gasteiger partial charge in [-0.3, -0.25) is 0 Å². The molecule has 1 atom stereocenters. The number of benzene rings is 1. The van der Waals surface area contributed by atoms with Gasteiger partial charge in [-0.15, -0.1) is 0 Å². The molecule has 0 radical (unpaired) electrons. The van der Waals surface area contributed by atoms with Gasteiger partial charge in [-0.2, -0.15) is 13.2 Å². The van der Waals surface area contributed by atoms with Gasteiger partial charge in [0.15, 0.2) is 0 Å². The number of nitrogens with zero attached hydrogens (tertiary/aromatic N) is 2. The number of hydrogen-bond acceptors (Lipinski definition) is 3. The van der Waals surface area contributed by atoms with E-state index in [4.69, 9.17) is 5.11 Å². The van der Waals surface area contributed by atoms with E-state index >= 15 is 0 Å². The minimum atomic E-state index is -4.65. The van der Waals surface area contributed by atoms with Crippen molar-refractivity contribution in [1.29, 1.82) is 0 Å². The minimum absolute atomic E-state index is 0.0675. The van der Waals surface area contributed by atoms with Crippen LogP contribution in [0.25, 0.3) is 11.0 Å². The van der Waals surface area contributed by atoms with Crippen LogP contribution in [-0.4, -0.2) is 31.8 Å². The van der Waals surface area contributed by atoms with E-state index in [2.05, 4.69) is 4.98 Å². The summed E-state index contributed by atoms with van der Waals surface area (Å²) in [6.45, 7) is 1.36. The number of aliphatic hydroxyl groups is 1. The number of aliphatic hydroxyl groups excluding tert-OH is 1. The lowest BCUT2D eigenvalue weighted by Crippen LogP contribution is -2.17. The maximum Gasteiger partial charge on any atom is 0.449 e. The van der Waals surface area contributed by atoms with Gasteiger partial charge in [-0.05, 0) is 31.5 Å². The van der Waals surface area contributed by atoms with Crippen molar-refractivity contribution in [3.8, 4) is 0 Å². The van der Waals surface area contributed by atoms with Crippen LogP contribution in [-0.2, 0) is 12.7 Å². The highest BCUT2D eigenvalue weighted by Gasteiger charge is 2.37. The maximum absolute atomic E-state index is 13.0. The molecule has 0 saturated carbocycles. The molecule has 0 aliphatic heterocycles. The number of aromatic nitrogens is 2. The van der Waals surface area contributed by atoms with Crippen LogP contribution in [0.5, 0.6) is 0 Å². The average molecular weight is 302 g/mol. The lowest BCUT2D eigenvalue weighted by atomic mass is 10.2. The summed E-state index contributed by atoms with van der Waals surface area (Å²) in [6.07, 6.45) is -5.32. The molecule has 1 aromatic heterocycles. The Balaban J connectivity index is 2.61. The van der Waals surface area contributed by atoms with Crippen molar-refractivity contribution in [3.05, 3.63) is 29.6 Å². The summed E-state index contributed by atoms with van der Waals surface area (Å²) in [5.74, 6) is -2.32. The van der Waals surface area contributed by atoms with Crippen LogP contribution in [0, 0.1) is 0 Å². The lowest BCUT2D eigenvalue weighted by Gasteiger charge is -2.12. The SMILES string of the molecule is CC(O)CCn1c(C(F)(F)F)nc2ccc(C(=O)O)cc21. The fourth-order valence-corrected chi connectivity index (χ4v) is 2.01. The third kappa shape index (κ3) is 3.15. The topological polar surface area (TPSA) is 75.3 Å². The summed E-state index contributed by atoms with van der Waals surface area (Å²) in [4.78, 5) is 14.5. The van der Waals surface area contributed by atoms with Crippen molar-refractivity contribution in [2.45, 2.75) is 32.2 Å². The van der Waals surface area contributed by atoms with E-state index in [1.54, 1.807) is 0 Å². The van der Waals surface area contributed by atoms with Crippen LogP contribution in [0.1, 0.15) is 29.5 Å². The van der Waals surface area contributed by atoms with Gasteiger partial charge < -0.3 is 14.8 Å². The molecule has 2 aromatic rings. The first kappa shape index (κ1) is 15.3. The fraction of sp³-hybridized carbons (Fsp3) is 0.385. The average Bonchev–Trinajstić information content (AvgIpc) is 2.73. The van der Waals surface area contributed by atoms with Gasteiger partial charge in [0.25, 0.3) is 0 Å². The second-order valence-electron chi connectivity index (χ2n) is 4.73. The molecule has 1 heterocycles. The maximum atomic E-state index is 13.0. The first-order valence-electron chi connectivity index (χ1n) is 6.19. The number of carbonyl (C=O) groups is 1. The Hall–Kier alpha value is -2.09. The van der Waals surface area contributed by atoms with Crippen LogP contribution in [0.15, 0.2) is 18.2 Å². The summed E-state index contributed by atoms with van der Waals surface area (Å²) in [5, 5.41) is 18.2. The number of fused-ring (bicyclic) bond motifs is 1. The van der Waals surface area contributed by atoms with Gasteiger partial charge in [0.2, 0.25) is 5.82 Å². The van der Waals surface area contributed by atoms with E-state index in [1.165, 1.54) is 19.1 Å². The molecular weight excluding hydrogens is 289 g/mol. The van der Waals surface area contributed by atoms with Crippen LogP contribution >= 0.6 is 0 Å². The van der Waals surface area contributed by atoms with Crippen molar-refractivity contribution in [2.24, 2.45) is 0 Å². The predicted molar refractivity (Wildman–Crippen MR) is 68.0 cm³/mol. The predicted octanol–water partition coefficient (Wildman–Crippen LogP) is 2.52. The standard InChI is InChI=1S/C13H13F3N2O3/c1-7(19)4-5-18-10-6-8(11(20)21)2-3-9(10)17-12(18)13(14,15)16/h2-3,6-7,19H,4-5H2,1H3,(H,20,21). The molecule has 0 spiro atoms. The third-order valence-electron chi connectivity index (χ3n) is 3.02. The molecule has 0 aliphatic carbocycles. The molecule has 1 unspecified atom stereocenters. The largest absolute Gasteiger partial charge is 0.478 e. The summed E-state index contributed by atoms with van der Waals surface area (Å²) in [7, 11) is 0. The van der Waals surface area contributed by atoms with E-state index in [0.29, 0.717) is 0 Å². The third-order valence-corrected chi connectivity index (χ3v) is 3.02. The van der Waals surface area contributed by atoms with Crippen molar-refractivity contribution in [1.82, 2.24) is 9.55 Å². The summed E-state index contributed by atoms with van der Waals surface area (Å²) < 4.78 is 39.9. The quantitative estimate of drug-likeness (QED) is 0.910. The fourth-order valence-electron chi connectivity index (χ4n) is 2.01. The van der Waals surface area contributed by atoms with E-state index in [-0.39, 0.29) is 29.6 Å². The summed E-state index contributed by atoms with van der Waals surface area (Å²) in [5.41, 5.74) is 0.0372. The first-order valence-corrected chi connectivity index (χ1v) is 6.19. The zero-order valence-corrected chi connectivity index (χ0v) is 11.1. The number of hydrogen-bond donors (Lipinski definition) is 2. The van der Waals surface area contributed by atoms with E-state index in [0.717, 1.165) is 10.6 Å². The molecule has 2 rings (SSSR count). The smallest absolute Gasteiger partial charge is 0.449 e. The number of carboxylic acid groups (broad SMARTS) is 1. The lowest BCUT2D eigenvalue weighted by molar-refractivity contribution is -0.147. The highest BCUT2D eigenvalue weighted by atomic mass is 19.4. The number of rotatable bonds is 4. The van der Waals surface area contributed by atoms with Crippen LogP contribution in [0.2, 0.25) is 0 Å². The normalized spacial score (nSPS) is 13.6. The Morgan fingerprint density at radius 2 is 2.10 bits per heavy atom. The highest BCUT2D eigenvalue weighted by molar-refractivity contribution is 5.92. The first-order chi connectivity index (χ1) is 9.70. The van der Waals surface area contributed by atoms with Crippen LogP contribution < -0.4 is 0 Å². The number of aromatic carboxylic acids is 1. The summed E-state index contributed by atoms with van der Waals surface area (Å²) in [6, 6.07) is 3.60. The van der Waals surface area contributed by atoms with Crippen LogP contribution in [0.3, 0.4) is 0 Å². The molecule has 5 nitrogen and oxygen atoms in total. The molecule has 21 heavy (non-hydrogen) atoms. The molecule has 0 aliphatic rings. The van der Waals surface area contributed by atoms with E-state index in [1.807, 2.05) is 0 Å². The van der Waals surface area contributed by atoms with Gasteiger partial charge in [0, 0.05) is 6.54 Å². The Kier molecular flexibility index (Phi) is 3.91. The van der Waals surface area contributed by atoms with Crippen molar-refractivity contribution >= 4 is 17.0 Å². The molecule has 0 fully saturated rings. The molecule has 1 aromatic carbocycles. The Labute approximate surface area is 117 Å². The molecular formula is C13H13F3N2O3. The van der Waals surface area contributed by atoms with Gasteiger partial charge in [-0.25, -0.2) is 9.78 Å².